The van der Waals surface area contributed by atoms with Crippen LogP contribution in [0.5, 0.6) is 0 Å². The monoisotopic (exact) mass is 263 g/mol. The average molecular weight is 263 g/mol. The number of piperazine rings is 1. The Balaban J connectivity index is 2.19. The molecule has 1 aromatic rings. The van der Waals surface area contributed by atoms with Crippen molar-refractivity contribution in [1.82, 2.24) is 4.90 Å². The highest BCUT2D eigenvalue weighted by molar-refractivity contribution is 5.53. The third-order valence-electron chi connectivity index (χ3n) is 3.87. The summed E-state index contributed by atoms with van der Waals surface area (Å²) >= 11 is 0. The van der Waals surface area contributed by atoms with E-state index in [2.05, 4.69) is 30.6 Å². The number of anilines is 1. The quantitative estimate of drug-likeness (QED) is 0.621. The Morgan fingerprint density at radius 1 is 1.32 bits per heavy atom. The molecule has 0 amide bonds. The molecule has 0 radical (unpaired) electrons. The molecule has 0 bridgehead atoms. The standard InChI is InChI=1S/C14H21N3O2/c1-4-16-11(2)9-15(10-12(16)3)13-6-5-7-14(8-13)17(18)19/h5-8,11-12H,4,9-10H2,1-3H3. The summed E-state index contributed by atoms with van der Waals surface area (Å²) in [5.41, 5.74) is 1.11. The zero-order chi connectivity index (χ0) is 14.0. The number of benzene rings is 1. The van der Waals surface area contributed by atoms with Crippen LogP contribution in [-0.2, 0) is 0 Å². The fourth-order valence-electron chi connectivity index (χ4n) is 2.99. The van der Waals surface area contributed by atoms with E-state index < -0.39 is 0 Å². The maximum absolute atomic E-state index is 10.8. The molecule has 2 unspecified atom stereocenters. The van der Waals surface area contributed by atoms with E-state index in [4.69, 9.17) is 0 Å². The van der Waals surface area contributed by atoms with Crippen LogP contribution in [-0.4, -0.2) is 41.5 Å². The van der Waals surface area contributed by atoms with Crippen LogP contribution in [0.4, 0.5) is 11.4 Å². The topological polar surface area (TPSA) is 49.6 Å². The minimum Gasteiger partial charge on any atom is -0.368 e. The number of hydrogen-bond donors (Lipinski definition) is 0. The second-order valence-electron chi connectivity index (χ2n) is 5.21. The zero-order valence-electron chi connectivity index (χ0n) is 11.7. The van der Waals surface area contributed by atoms with Gasteiger partial charge in [0.05, 0.1) is 4.92 Å². The number of likely N-dealkylation sites (N-methyl/N-ethyl adjacent to an activating group) is 1. The number of rotatable bonds is 3. The van der Waals surface area contributed by atoms with Crippen molar-refractivity contribution >= 4 is 11.4 Å². The van der Waals surface area contributed by atoms with Crippen LogP contribution >= 0.6 is 0 Å². The lowest BCUT2D eigenvalue weighted by Gasteiger charge is -2.45. The number of nitro groups is 1. The lowest BCUT2D eigenvalue weighted by atomic mass is 10.1. The minimum absolute atomic E-state index is 0.163. The van der Waals surface area contributed by atoms with Crippen molar-refractivity contribution in [3.63, 3.8) is 0 Å². The summed E-state index contributed by atoms with van der Waals surface area (Å²) in [6, 6.07) is 7.85. The normalized spacial score (nSPS) is 24.5. The van der Waals surface area contributed by atoms with Gasteiger partial charge in [0, 0.05) is 43.0 Å². The molecule has 19 heavy (non-hydrogen) atoms. The molecule has 0 spiro atoms. The van der Waals surface area contributed by atoms with Gasteiger partial charge >= 0.3 is 0 Å². The van der Waals surface area contributed by atoms with Gasteiger partial charge in [-0.05, 0) is 26.5 Å². The molecule has 0 N–H and O–H groups in total. The minimum atomic E-state index is -0.335. The fourth-order valence-corrected chi connectivity index (χ4v) is 2.99. The zero-order valence-corrected chi connectivity index (χ0v) is 11.7. The molecular weight excluding hydrogens is 242 g/mol. The summed E-state index contributed by atoms with van der Waals surface area (Å²) in [4.78, 5) is 15.2. The van der Waals surface area contributed by atoms with Gasteiger partial charge in [-0.3, -0.25) is 15.0 Å². The maximum Gasteiger partial charge on any atom is 0.271 e. The van der Waals surface area contributed by atoms with E-state index in [1.165, 1.54) is 0 Å². The van der Waals surface area contributed by atoms with Crippen LogP contribution in [0.15, 0.2) is 24.3 Å². The Morgan fingerprint density at radius 2 is 1.95 bits per heavy atom. The molecule has 104 valence electrons. The molecule has 1 fully saturated rings. The van der Waals surface area contributed by atoms with Crippen LogP contribution in [0.1, 0.15) is 20.8 Å². The molecule has 1 saturated heterocycles. The predicted molar refractivity (Wildman–Crippen MR) is 76.6 cm³/mol. The van der Waals surface area contributed by atoms with Crippen molar-refractivity contribution in [2.75, 3.05) is 24.5 Å². The molecule has 1 aromatic carbocycles. The Hall–Kier alpha value is -1.62. The molecule has 1 aliphatic rings. The largest absolute Gasteiger partial charge is 0.368 e. The Morgan fingerprint density at radius 3 is 2.47 bits per heavy atom. The lowest BCUT2D eigenvalue weighted by Crippen LogP contribution is -2.56. The van der Waals surface area contributed by atoms with Crippen LogP contribution in [0.3, 0.4) is 0 Å². The van der Waals surface area contributed by atoms with Gasteiger partial charge in [-0.25, -0.2) is 0 Å². The highest BCUT2D eigenvalue weighted by Crippen LogP contribution is 2.25. The summed E-state index contributed by atoms with van der Waals surface area (Å²) < 4.78 is 0. The Kier molecular flexibility index (Phi) is 4.04. The van der Waals surface area contributed by atoms with Crippen molar-refractivity contribution < 1.29 is 4.92 Å². The summed E-state index contributed by atoms with van der Waals surface area (Å²) in [5.74, 6) is 0. The van der Waals surface area contributed by atoms with Gasteiger partial charge in [0.25, 0.3) is 5.69 Å². The predicted octanol–water partition coefficient (Wildman–Crippen LogP) is 2.51. The number of nitrogens with zero attached hydrogens (tertiary/aromatic N) is 3. The molecule has 2 atom stereocenters. The number of non-ortho nitro benzene ring substituents is 1. The van der Waals surface area contributed by atoms with Gasteiger partial charge in [0.1, 0.15) is 0 Å². The Bertz CT molecular complexity index is 452. The van der Waals surface area contributed by atoms with Gasteiger partial charge in [-0.15, -0.1) is 0 Å². The highest BCUT2D eigenvalue weighted by Gasteiger charge is 2.28. The SMILES string of the molecule is CCN1C(C)CN(c2cccc([N+](=O)[O-])c2)CC1C. The van der Waals surface area contributed by atoms with Crippen molar-refractivity contribution in [3.05, 3.63) is 34.4 Å². The number of hydrogen-bond acceptors (Lipinski definition) is 4. The highest BCUT2D eigenvalue weighted by atomic mass is 16.6. The summed E-state index contributed by atoms with van der Waals surface area (Å²) in [6.45, 7) is 9.48. The summed E-state index contributed by atoms with van der Waals surface area (Å²) in [5, 5.41) is 10.8. The molecule has 1 heterocycles. The van der Waals surface area contributed by atoms with E-state index in [0.717, 1.165) is 25.3 Å². The Labute approximate surface area is 114 Å². The fraction of sp³-hybridized carbons (Fsp3) is 0.571. The van der Waals surface area contributed by atoms with Gasteiger partial charge in [-0.1, -0.05) is 13.0 Å². The van der Waals surface area contributed by atoms with E-state index in [0.29, 0.717) is 12.1 Å². The van der Waals surface area contributed by atoms with E-state index in [-0.39, 0.29) is 10.6 Å². The molecule has 5 nitrogen and oxygen atoms in total. The van der Waals surface area contributed by atoms with Crippen LogP contribution in [0.2, 0.25) is 0 Å². The maximum atomic E-state index is 10.8. The smallest absolute Gasteiger partial charge is 0.271 e. The molecule has 5 heteroatoms. The molecule has 2 rings (SSSR count). The molecule has 1 aliphatic heterocycles. The second kappa shape index (κ2) is 5.57. The van der Waals surface area contributed by atoms with Gasteiger partial charge < -0.3 is 4.90 Å². The average Bonchev–Trinajstić information content (AvgIpc) is 2.38. The first-order chi connectivity index (χ1) is 9.02. The molecule has 0 saturated carbocycles. The van der Waals surface area contributed by atoms with Crippen molar-refractivity contribution in [3.8, 4) is 0 Å². The van der Waals surface area contributed by atoms with Crippen molar-refractivity contribution in [2.24, 2.45) is 0 Å². The third kappa shape index (κ3) is 2.87. The van der Waals surface area contributed by atoms with Crippen LogP contribution in [0.25, 0.3) is 0 Å². The van der Waals surface area contributed by atoms with E-state index in [9.17, 15) is 10.1 Å². The first kappa shape index (κ1) is 13.8. The van der Waals surface area contributed by atoms with E-state index in [1.54, 1.807) is 18.2 Å². The first-order valence-electron chi connectivity index (χ1n) is 6.78. The molecule has 0 aromatic heterocycles. The van der Waals surface area contributed by atoms with Gasteiger partial charge in [0.15, 0.2) is 0 Å². The van der Waals surface area contributed by atoms with E-state index >= 15 is 0 Å². The van der Waals surface area contributed by atoms with Crippen LogP contribution in [0, 0.1) is 10.1 Å². The van der Waals surface area contributed by atoms with Gasteiger partial charge in [0.2, 0.25) is 0 Å². The molecular formula is C14H21N3O2. The van der Waals surface area contributed by atoms with Gasteiger partial charge in [-0.2, -0.15) is 0 Å². The third-order valence-corrected chi connectivity index (χ3v) is 3.87. The first-order valence-corrected chi connectivity index (χ1v) is 6.78. The summed E-state index contributed by atoms with van der Waals surface area (Å²) in [7, 11) is 0. The molecule has 0 aliphatic carbocycles. The lowest BCUT2D eigenvalue weighted by molar-refractivity contribution is -0.384. The van der Waals surface area contributed by atoms with Crippen molar-refractivity contribution in [2.45, 2.75) is 32.9 Å². The van der Waals surface area contributed by atoms with Crippen molar-refractivity contribution in [1.29, 1.82) is 0 Å². The number of nitro benzene ring substituents is 1. The van der Waals surface area contributed by atoms with E-state index in [1.807, 2.05) is 6.07 Å². The van der Waals surface area contributed by atoms with Crippen LogP contribution < -0.4 is 4.90 Å². The second-order valence-corrected chi connectivity index (χ2v) is 5.21. The summed E-state index contributed by atoms with van der Waals surface area (Å²) in [6.07, 6.45) is 0.